The molecular formula is C21H26FN3O6. The highest BCUT2D eigenvalue weighted by molar-refractivity contribution is 5.93. The summed E-state index contributed by atoms with van der Waals surface area (Å²) in [6.07, 6.45) is 1.23. The molecule has 2 aliphatic rings. The van der Waals surface area contributed by atoms with Crippen LogP contribution in [0.2, 0.25) is 0 Å². The van der Waals surface area contributed by atoms with Crippen molar-refractivity contribution in [1.82, 2.24) is 9.47 Å². The smallest absolute Gasteiger partial charge is 0.341 e. The summed E-state index contributed by atoms with van der Waals surface area (Å²) in [6, 6.07) is 2.83. The second-order valence-corrected chi connectivity index (χ2v) is 8.21. The van der Waals surface area contributed by atoms with Crippen LogP contribution in [0.4, 0.5) is 10.1 Å². The molecule has 0 radical (unpaired) electrons. The van der Waals surface area contributed by atoms with Crippen LogP contribution in [0.5, 0.6) is 0 Å². The first-order valence-corrected chi connectivity index (χ1v) is 10.4. The highest BCUT2D eigenvalue weighted by atomic mass is 19.1. The first kappa shape index (κ1) is 21.7. The molecule has 1 saturated carbocycles. The molecule has 1 saturated heterocycles. The molecule has 0 amide bonds. The zero-order valence-electron chi connectivity index (χ0n) is 16.9. The molecule has 2 heterocycles. The lowest BCUT2D eigenvalue weighted by Crippen LogP contribution is -2.51. The van der Waals surface area contributed by atoms with Crippen LogP contribution in [0.15, 0.2) is 23.1 Å². The number of rotatable bonds is 7. The molecule has 31 heavy (non-hydrogen) atoms. The number of carboxylic acids is 1. The lowest BCUT2D eigenvalue weighted by molar-refractivity contribution is -0.0435. The Morgan fingerprint density at radius 2 is 1.84 bits per heavy atom. The number of anilines is 1. The van der Waals surface area contributed by atoms with E-state index < -0.39 is 36.2 Å². The van der Waals surface area contributed by atoms with E-state index in [1.807, 2.05) is 4.90 Å². The Morgan fingerprint density at radius 3 is 2.42 bits per heavy atom. The third-order valence-electron chi connectivity index (χ3n) is 6.04. The molecule has 4 rings (SSSR count). The zero-order chi connectivity index (χ0) is 22.3. The Balaban J connectivity index is 1.62. The van der Waals surface area contributed by atoms with E-state index >= 15 is 0 Å². The Kier molecular flexibility index (Phi) is 5.98. The number of piperazine rings is 1. The van der Waals surface area contributed by atoms with E-state index in [9.17, 15) is 29.3 Å². The molecule has 1 aromatic heterocycles. The maximum Gasteiger partial charge on any atom is 0.341 e. The van der Waals surface area contributed by atoms with E-state index in [1.165, 1.54) is 6.20 Å². The van der Waals surface area contributed by atoms with Crippen molar-refractivity contribution in [2.24, 2.45) is 0 Å². The fourth-order valence-electron chi connectivity index (χ4n) is 4.14. The minimum atomic E-state index is -1.33. The van der Waals surface area contributed by atoms with Crippen molar-refractivity contribution in [3.63, 3.8) is 0 Å². The van der Waals surface area contributed by atoms with Crippen LogP contribution in [0.1, 0.15) is 35.7 Å². The van der Waals surface area contributed by atoms with Crippen molar-refractivity contribution < 1.29 is 29.6 Å². The van der Waals surface area contributed by atoms with Gasteiger partial charge in [0.1, 0.15) is 17.6 Å². The summed E-state index contributed by atoms with van der Waals surface area (Å²) >= 11 is 0. The molecule has 10 heteroatoms. The second kappa shape index (κ2) is 8.54. The Morgan fingerprint density at radius 1 is 1.16 bits per heavy atom. The van der Waals surface area contributed by atoms with E-state index in [1.54, 1.807) is 15.5 Å². The van der Waals surface area contributed by atoms with Crippen LogP contribution in [0.3, 0.4) is 0 Å². The lowest BCUT2D eigenvalue weighted by atomic mass is 10.1. The molecular weight excluding hydrogens is 409 g/mol. The standard InChI is InChI=1S/C21H26FN3O6/c22-16-8-14-17(25(12-1-2-12)10-15(20(14)29)21(30)31)9-18(16)23-3-5-24(6-4-23)19(28)7-13(27)11-26/h8-10,12-13,19,26-28H,1-7,11H2,(H,30,31). The van der Waals surface area contributed by atoms with Gasteiger partial charge in [-0.15, -0.1) is 0 Å². The molecule has 1 aromatic carbocycles. The van der Waals surface area contributed by atoms with Gasteiger partial charge in [-0.25, -0.2) is 9.18 Å². The number of fused-ring (bicyclic) bond motifs is 1. The van der Waals surface area contributed by atoms with E-state index in [0.29, 0.717) is 37.4 Å². The molecule has 2 aromatic rings. The van der Waals surface area contributed by atoms with Gasteiger partial charge in [0.15, 0.2) is 0 Å². The highest BCUT2D eigenvalue weighted by Gasteiger charge is 2.29. The summed E-state index contributed by atoms with van der Waals surface area (Å²) < 4.78 is 16.7. The predicted molar refractivity (Wildman–Crippen MR) is 111 cm³/mol. The number of aliphatic hydroxyl groups excluding tert-OH is 3. The normalized spacial score (nSPS) is 19.5. The number of carbonyl (C=O) groups is 1. The summed E-state index contributed by atoms with van der Waals surface area (Å²) in [5.74, 6) is -1.93. The predicted octanol–water partition coefficient (Wildman–Crippen LogP) is 0.357. The van der Waals surface area contributed by atoms with Gasteiger partial charge in [0.25, 0.3) is 0 Å². The quantitative estimate of drug-likeness (QED) is 0.491. The number of halogens is 1. The van der Waals surface area contributed by atoms with Crippen LogP contribution in [0, 0.1) is 5.82 Å². The molecule has 0 spiro atoms. The van der Waals surface area contributed by atoms with Crippen molar-refractivity contribution in [1.29, 1.82) is 0 Å². The van der Waals surface area contributed by atoms with Crippen LogP contribution in [-0.2, 0) is 0 Å². The molecule has 9 nitrogen and oxygen atoms in total. The summed E-state index contributed by atoms with van der Waals surface area (Å²) in [5.41, 5.74) is -0.212. The molecule has 1 aliphatic carbocycles. The Hall–Kier alpha value is -2.53. The number of carboxylic acid groups (broad SMARTS) is 1. The minimum Gasteiger partial charge on any atom is -0.477 e. The van der Waals surface area contributed by atoms with Crippen molar-refractivity contribution in [2.45, 2.75) is 37.6 Å². The summed E-state index contributed by atoms with van der Waals surface area (Å²) in [4.78, 5) is 27.6. The van der Waals surface area contributed by atoms with Crippen molar-refractivity contribution in [3.8, 4) is 0 Å². The molecule has 168 valence electrons. The number of aliphatic hydroxyl groups is 3. The van der Waals surface area contributed by atoms with Gasteiger partial charge < -0.3 is 29.9 Å². The van der Waals surface area contributed by atoms with Gasteiger partial charge >= 0.3 is 5.97 Å². The first-order chi connectivity index (χ1) is 14.8. The highest BCUT2D eigenvalue weighted by Crippen LogP contribution is 2.38. The van der Waals surface area contributed by atoms with Crippen LogP contribution in [0.25, 0.3) is 10.9 Å². The average molecular weight is 435 g/mol. The topological polar surface area (TPSA) is 126 Å². The molecule has 0 bridgehead atoms. The number of hydrogen-bond acceptors (Lipinski definition) is 7. The molecule has 2 fully saturated rings. The monoisotopic (exact) mass is 435 g/mol. The van der Waals surface area contributed by atoms with Gasteiger partial charge in [-0.05, 0) is 25.0 Å². The fraction of sp³-hybridized carbons (Fsp3) is 0.524. The average Bonchev–Trinajstić information content (AvgIpc) is 3.59. The summed E-state index contributed by atoms with van der Waals surface area (Å²) in [6.45, 7) is 1.30. The lowest BCUT2D eigenvalue weighted by Gasteiger charge is -2.38. The molecule has 1 aliphatic heterocycles. The summed E-state index contributed by atoms with van der Waals surface area (Å²) in [7, 11) is 0. The number of aromatic carboxylic acids is 1. The number of aromatic nitrogens is 1. The Bertz CT molecular complexity index is 1050. The molecule has 4 N–H and O–H groups in total. The summed E-state index contributed by atoms with van der Waals surface area (Å²) in [5, 5.41) is 38.1. The van der Waals surface area contributed by atoms with Crippen LogP contribution in [-0.4, -0.2) is 81.0 Å². The van der Waals surface area contributed by atoms with Gasteiger partial charge in [-0.1, -0.05) is 0 Å². The van der Waals surface area contributed by atoms with E-state index in [2.05, 4.69) is 0 Å². The Labute approximate surface area is 177 Å². The number of pyridine rings is 1. The number of nitrogens with zero attached hydrogens (tertiary/aromatic N) is 3. The van der Waals surface area contributed by atoms with E-state index in [0.717, 1.165) is 18.9 Å². The van der Waals surface area contributed by atoms with Gasteiger partial charge in [0, 0.05) is 50.2 Å². The van der Waals surface area contributed by atoms with E-state index in [4.69, 9.17) is 5.11 Å². The first-order valence-electron chi connectivity index (χ1n) is 10.4. The third-order valence-corrected chi connectivity index (χ3v) is 6.04. The fourth-order valence-corrected chi connectivity index (χ4v) is 4.14. The van der Waals surface area contributed by atoms with Crippen molar-refractivity contribution in [2.75, 3.05) is 37.7 Å². The van der Waals surface area contributed by atoms with Gasteiger partial charge in [-0.2, -0.15) is 0 Å². The van der Waals surface area contributed by atoms with Crippen molar-refractivity contribution in [3.05, 3.63) is 39.9 Å². The number of hydrogen-bond donors (Lipinski definition) is 4. The van der Waals surface area contributed by atoms with Gasteiger partial charge in [0.2, 0.25) is 5.43 Å². The minimum absolute atomic E-state index is 0.0282. The van der Waals surface area contributed by atoms with Crippen LogP contribution >= 0.6 is 0 Å². The van der Waals surface area contributed by atoms with E-state index in [-0.39, 0.29) is 23.4 Å². The van der Waals surface area contributed by atoms with Gasteiger partial charge in [-0.3, -0.25) is 9.69 Å². The zero-order valence-corrected chi connectivity index (χ0v) is 16.9. The SMILES string of the molecule is O=C(O)c1cn(C2CC2)c2cc(N3CCN(C(O)CC(O)CO)CC3)c(F)cc2c1=O. The van der Waals surface area contributed by atoms with Gasteiger partial charge in [0.05, 0.1) is 23.9 Å². The third kappa shape index (κ3) is 4.29. The largest absolute Gasteiger partial charge is 0.477 e. The van der Waals surface area contributed by atoms with Crippen molar-refractivity contribution >= 4 is 22.6 Å². The maximum atomic E-state index is 15.0. The molecule has 2 atom stereocenters. The second-order valence-electron chi connectivity index (χ2n) is 8.21. The van der Waals surface area contributed by atoms with Crippen LogP contribution < -0.4 is 10.3 Å². The maximum absolute atomic E-state index is 15.0. The number of benzene rings is 1. The molecule has 2 unspecified atom stereocenters.